The Bertz CT molecular complexity index is 445. The summed E-state index contributed by atoms with van der Waals surface area (Å²) in [6.07, 6.45) is 0.836. The number of hydrogen-bond acceptors (Lipinski definition) is 2. The van der Waals surface area contributed by atoms with Crippen LogP contribution in [0.2, 0.25) is 0 Å². The normalized spacial score (nSPS) is 10.4. The van der Waals surface area contributed by atoms with Crippen molar-refractivity contribution in [3.05, 3.63) is 35.2 Å². The minimum Gasteiger partial charge on any atom is -0.352 e. The van der Waals surface area contributed by atoms with Crippen LogP contribution in [0.25, 0.3) is 10.1 Å². The van der Waals surface area contributed by atoms with Crippen LogP contribution in [-0.2, 0) is 6.42 Å². The van der Waals surface area contributed by atoms with Crippen LogP contribution in [0.3, 0.4) is 0 Å². The maximum absolute atomic E-state index is 10.5. The quantitative estimate of drug-likeness (QED) is 0.817. The Morgan fingerprint density at radius 2 is 2.20 bits per heavy atom. The van der Waals surface area contributed by atoms with Gasteiger partial charge in [0, 0.05) is 16.1 Å². The van der Waals surface area contributed by atoms with E-state index in [2.05, 4.69) is 23.5 Å². The van der Waals surface area contributed by atoms with E-state index in [4.69, 9.17) is 5.73 Å². The van der Waals surface area contributed by atoms with Gasteiger partial charge in [-0.3, -0.25) is 0 Å². The van der Waals surface area contributed by atoms with Crippen LogP contribution in [0.5, 0.6) is 0 Å². The molecular weight excluding hydrogens is 208 g/mol. The summed E-state index contributed by atoms with van der Waals surface area (Å²) in [5.74, 6) is 0. The first kappa shape index (κ1) is 9.98. The molecule has 0 aliphatic rings. The molecule has 3 N–H and O–H groups in total. The van der Waals surface area contributed by atoms with Crippen molar-refractivity contribution in [3.8, 4) is 0 Å². The first-order chi connectivity index (χ1) is 7.25. The zero-order valence-corrected chi connectivity index (χ0v) is 9.01. The van der Waals surface area contributed by atoms with Crippen LogP contribution in [0.15, 0.2) is 30.3 Å². The predicted octanol–water partition coefficient (Wildman–Crippen LogP) is 2.11. The van der Waals surface area contributed by atoms with Gasteiger partial charge in [0.25, 0.3) is 0 Å². The summed E-state index contributed by atoms with van der Waals surface area (Å²) in [6.45, 7) is 0.599. The number of nitrogens with one attached hydrogen (secondary N) is 1. The molecular formula is C11H12N2OS. The van der Waals surface area contributed by atoms with Crippen molar-refractivity contribution < 1.29 is 4.79 Å². The fraction of sp³-hybridized carbons (Fsp3) is 0.182. The number of urea groups is 1. The third-order valence-corrected chi connectivity index (χ3v) is 3.32. The minimum atomic E-state index is -0.462. The van der Waals surface area contributed by atoms with E-state index in [1.54, 1.807) is 11.3 Å². The zero-order chi connectivity index (χ0) is 10.7. The topological polar surface area (TPSA) is 55.1 Å². The average molecular weight is 220 g/mol. The van der Waals surface area contributed by atoms with E-state index in [1.807, 2.05) is 12.1 Å². The molecule has 0 spiro atoms. The zero-order valence-electron chi connectivity index (χ0n) is 8.19. The second-order valence-electron chi connectivity index (χ2n) is 3.29. The highest BCUT2D eigenvalue weighted by Gasteiger charge is 2.00. The standard InChI is InChI=1S/C11H12N2OS/c12-11(14)13-6-5-9-7-8-3-1-2-4-10(8)15-9/h1-4,7H,5-6H2,(H3,12,13,14). The average Bonchev–Trinajstić information content (AvgIpc) is 2.59. The smallest absolute Gasteiger partial charge is 0.312 e. The molecule has 0 radical (unpaired) electrons. The van der Waals surface area contributed by atoms with Gasteiger partial charge in [-0.05, 0) is 23.9 Å². The highest BCUT2D eigenvalue weighted by atomic mass is 32.1. The Kier molecular flexibility index (Phi) is 2.87. The number of thiophene rings is 1. The SMILES string of the molecule is NC(=O)NCCc1cc2ccccc2s1. The van der Waals surface area contributed by atoms with Gasteiger partial charge in [-0.1, -0.05) is 18.2 Å². The van der Waals surface area contributed by atoms with Crippen molar-refractivity contribution in [1.29, 1.82) is 0 Å². The largest absolute Gasteiger partial charge is 0.352 e. The Hall–Kier alpha value is -1.55. The van der Waals surface area contributed by atoms with Gasteiger partial charge in [0.15, 0.2) is 0 Å². The molecule has 2 rings (SSSR count). The number of carbonyl (C=O) groups excluding carboxylic acids is 1. The lowest BCUT2D eigenvalue weighted by Gasteiger charge is -1.97. The van der Waals surface area contributed by atoms with Crippen molar-refractivity contribution in [2.24, 2.45) is 5.73 Å². The van der Waals surface area contributed by atoms with Crippen LogP contribution in [-0.4, -0.2) is 12.6 Å². The van der Waals surface area contributed by atoms with Gasteiger partial charge >= 0.3 is 6.03 Å². The van der Waals surface area contributed by atoms with Gasteiger partial charge in [0.05, 0.1) is 0 Å². The fourth-order valence-corrected chi connectivity index (χ4v) is 2.53. The van der Waals surface area contributed by atoms with Crippen molar-refractivity contribution in [3.63, 3.8) is 0 Å². The summed E-state index contributed by atoms with van der Waals surface area (Å²) in [6, 6.07) is 9.95. The molecule has 0 saturated carbocycles. The summed E-state index contributed by atoms with van der Waals surface area (Å²) in [5.41, 5.74) is 4.99. The second-order valence-corrected chi connectivity index (χ2v) is 4.46. The Labute approximate surface area is 91.9 Å². The highest BCUT2D eigenvalue weighted by Crippen LogP contribution is 2.25. The fourth-order valence-electron chi connectivity index (χ4n) is 1.47. The maximum atomic E-state index is 10.5. The lowest BCUT2D eigenvalue weighted by molar-refractivity contribution is 0.249. The summed E-state index contributed by atoms with van der Waals surface area (Å²) in [7, 11) is 0. The van der Waals surface area contributed by atoms with Crippen molar-refractivity contribution in [1.82, 2.24) is 5.32 Å². The predicted molar refractivity (Wildman–Crippen MR) is 63.1 cm³/mol. The van der Waals surface area contributed by atoms with E-state index in [0.717, 1.165) is 6.42 Å². The number of benzene rings is 1. The van der Waals surface area contributed by atoms with Crippen LogP contribution in [0, 0.1) is 0 Å². The Morgan fingerprint density at radius 3 is 2.93 bits per heavy atom. The highest BCUT2D eigenvalue weighted by molar-refractivity contribution is 7.19. The molecule has 1 aromatic heterocycles. The number of amides is 2. The molecule has 0 bridgehead atoms. The number of nitrogens with two attached hydrogens (primary N) is 1. The van der Waals surface area contributed by atoms with Gasteiger partial charge in [0.1, 0.15) is 0 Å². The second kappa shape index (κ2) is 4.31. The Balaban J connectivity index is 2.05. The van der Waals surface area contributed by atoms with E-state index in [1.165, 1.54) is 15.0 Å². The number of primary amides is 1. The first-order valence-corrected chi connectivity index (χ1v) is 5.58. The van der Waals surface area contributed by atoms with Crippen LogP contribution in [0.1, 0.15) is 4.88 Å². The molecule has 0 aliphatic heterocycles. The van der Waals surface area contributed by atoms with Gasteiger partial charge in [-0.2, -0.15) is 0 Å². The van der Waals surface area contributed by atoms with Crippen LogP contribution < -0.4 is 11.1 Å². The molecule has 0 fully saturated rings. The minimum absolute atomic E-state index is 0.462. The summed E-state index contributed by atoms with van der Waals surface area (Å²) in [5, 5.41) is 3.84. The molecule has 0 aliphatic carbocycles. The van der Waals surface area contributed by atoms with Gasteiger partial charge in [-0.15, -0.1) is 11.3 Å². The van der Waals surface area contributed by atoms with Crippen molar-refractivity contribution in [2.45, 2.75) is 6.42 Å². The van der Waals surface area contributed by atoms with E-state index in [9.17, 15) is 4.79 Å². The Morgan fingerprint density at radius 1 is 1.40 bits per heavy atom. The molecule has 2 amide bonds. The molecule has 1 aromatic carbocycles. The number of rotatable bonds is 3. The summed E-state index contributed by atoms with van der Waals surface area (Å²) in [4.78, 5) is 11.7. The monoisotopic (exact) mass is 220 g/mol. The molecule has 0 unspecified atom stereocenters. The van der Waals surface area contributed by atoms with E-state index >= 15 is 0 Å². The molecule has 1 heterocycles. The van der Waals surface area contributed by atoms with Crippen LogP contribution in [0.4, 0.5) is 4.79 Å². The van der Waals surface area contributed by atoms with Crippen molar-refractivity contribution in [2.75, 3.05) is 6.54 Å². The van der Waals surface area contributed by atoms with Gasteiger partial charge in [0.2, 0.25) is 0 Å². The lowest BCUT2D eigenvalue weighted by atomic mass is 10.2. The third-order valence-electron chi connectivity index (χ3n) is 2.15. The van der Waals surface area contributed by atoms with E-state index < -0.39 is 6.03 Å². The lowest BCUT2D eigenvalue weighted by Crippen LogP contribution is -2.30. The molecule has 78 valence electrons. The van der Waals surface area contributed by atoms with Crippen LogP contribution >= 0.6 is 11.3 Å². The first-order valence-electron chi connectivity index (χ1n) is 4.76. The van der Waals surface area contributed by atoms with Gasteiger partial charge < -0.3 is 11.1 Å². The van der Waals surface area contributed by atoms with E-state index in [0.29, 0.717) is 6.54 Å². The molecule has 0 atom stereocenters. The van der Waals surface area contributed by atoms with Gasteiger partial charge in [-0.25, -0.2) is 4.79 Å². The van der Waals surface area contributed by atoms with Crippen molar-refractivity contribution >= 4 is 27.5 Å². The molecule has 4 heteroatoms. The third kappa shape index (κ3) is 2.47. The summed E-state index contributed by atoms with van der Waals surface area (Å²) < 4.78 is 1.28. The molecule has 15 heavy (non-hydrogen) atoms. The number of carbonyl (C=O) groups is 1. The van der Waals surface area contributed by atoms with E-state index in [-0.39, 0.29) is 0 Å². The summed E-state index contributed by atoms with van der Waals surface area (Å²) >= 11 is 1.76. The molecule has 3 nitrogen and oxygen atoms in total. The molecule has 2 aromatic rings. The maximum Gasteiger partial charge on any atom is 0.312 e. The number of hydrogen-bond donors (Lipinski definition) is 2. The number of fused-ring (bicyclic) bond motifs is 1. The molecule has 0 saturated heterocycles.